The van der Waals surface area contributed by atoms with Gasteiger partial charge in [0, 0.05) is 6.54 Å². The summed E-state index contributed by atoms with van der Waals surface area (Å²) >= 11 is 5.91. The molecule has 0 fully saturated rings. The van der Waals surface area contributed by atoms with Crippen LogP contribution < -0.4 is 11.2 Å². The minimum atomic E-state index is -0.405. The van der Waals surface area contributed by atoms with Crippen LogP contribution in [0, 0.1) is 0 Å². The van der Waals surface area contributed by atoms with Gasteiger partial charge in [0.1, 0.15) is 0 Å². The van der Waals surface area contributed by atoms with Crippen LogP contribution in [0.4, 0.5) is 0 Å². The fourth-order valence-electron chi connectivity index (χ4n) is 1.54. The van der Waals surface area contributed by atoms with Gasteiger partial charge in [-0.05, 0) is 19.1 Å². The molecule has 1 heterocycles. The Labute approximate surface area is 90.1 Å². The predicted octanol–water partition coefficient (Wildman–Crippen LogP) is 1.36. The summed E-state index contributed by atoms with van der Waals surface area (Å²) in [5.74, 6) is 0. The lowest BCUT2D eigenvalue weighted by Gasteiger charge is -2.03. The van der Waals surface area contributed by atoms with Crippen LogP contribution in [0.2, 0.25) is 5.02 Å². The predicted molar refractivity (Wildman–Crippen MR) is 59.5 cm³/mol. The van der Waals surface area contributed by atoms with Gasteiger partial charge < -0.3 is 4.98 Å². The maximum absolute atomic E-state index is 11.9. The quantitative estimate of drug-likeness (QED) is 0.795. The van der Waals surface area contributed by atoms with E-state index in [9.17, 15) is 9.59 Å². The van der Waals surface area contributed by atoms with Gasteiger partial charge in [0.05, 0.1) is 15.9 Å². The molecule has 4 nitrogen and oxygen atoms in total. The van der Waals surface area contributed by atoms with Crippen LogP contribution in [0.15, 0.2) is 27.8 Å². The van der Waals surface area contributed by atoms with Crippen molar-refractivity contribution < 1.29 is 0 Å². The van der Waals surface area contributed by atoms with E-state index in [1.165, 1.54) is 0 Å². The second-order valence-electron chi connectivity index (χ2n) is 3.14. The first-order valence-electron chi connectivity index (χ1n) is 4.56. The molecule has 78 valence electrons. The number of benzene rings is 1. The number of aromatic nitrogens is 2. The van der Waals surface area contributed by atoms with Crippen LogP contribution >= 0.6 is 11.6 Å². The number of H-pyrrole nitrogens is 1. The number of nitrogens with zero attached hydrogens (tertiary/aromatic N) is 1. The zero-order valence-electron chi connectivity index (χ0n) is 8.08. The summed E-state index contributed by atoms with van der Waals surface area (Å²) in [6.07, 6.45) is 0. The Morgan fingerprint density at radius 2 is 2.13 bits per heavy atom. The lowest BCUT2D eigenvalue weighted by atomic mass is 10.2. The first-order valence-corrected chi connectivity index (χ1v) is 4.94. The Morgan fingerprint density at radius 3 is 2.80 bits per heavy atom. The van der Waals surface area contributed by atoms with Crippen molar-refractivity contribution in [3.63, 3.8) is 0 Å². The highest BCUT2D eigenvalue weighted by Crippen LogP contribution is 2.16. The highest BCUT2D eigenvalue weighted by atomic mass is 35.5. The van der Waals surface area contributed by atoms with Crippen molar-refractivity contribution in [2.24, 2.45) is 0 Å². The van der Waals surface area contributed by atoms with E-state index in [1.807, 2.05) is 0 Å². The second kappa shape index (κ2) is 3.55. The van der Waals surface area contributed by atoms with Crippen LogP contribution in [0.5, 0.6) is 0 Å². The van der Waals surface area contributed by atoms with E-state index in [0.29, 0.717) is 22.5 Å². The molecule has 0 unspecified atom stereocenters. The number of aromatic amines is 1. The van der Waals surface area contributed by atoms with Gasteiger partial charge in [-0.1, -0.05) is 17.7 Å². The van der Waals surface area contributed by atoms with Gasteiger partial charge >= 0.3 is 5.69 Å². The number of halogens is 1. The van der Waals surface area contributed by atoms with Gasteiger partial charge in [-0.15, -0.1) is 0 Å². The van der Waals surface area contributed by atoms with Crippen LogP contribution in [-0.4, -0.2) is 9.55 Å². The average Bonchev–Trinajstić information content (AvgIpc) is 2.17. The molecule has 0 aliphatic rings. The smallest absolute Gasteiger partial charge is 0.307 e. The molecule has 0 atom stereocenters. The van der Waals surface area contributed by atoms with Crippen molar-refractivity contribution in [2.75, 3.05) is 0 Å². The van der Waals surface area contributed by atoms with Gasteiger partial charge in [-0.25, -0.2) is 4.79 Å². The Morgan fingerprint density at radius 1 is 1.40 bits per heavy atom. The fourth-order valence-corrected chi connectivity index (χ4v) is 1.80. The monoisotopic (exact) mass is 224 g/mol. The molecule has 15 heavy (non-hydrogen) atoms. The molecule has 5 heteroatoms. The molecule has 1 aromatic carbocycles. The van der Waals surface area contributed by atoms with Gasteiger partial charge in [0.25, 0.3) is 5.56 Å². The standard InChI is InChI=1S/C10H9ClN2O2/c1-2-13-9(14)8-6(11)4-3-5-7(8)12-10(13)15/h3-5H,2H2,1H3,(H,12,15). The fraction of sp³-hybridized carbons (Fsp3) is 0.200. The van der Waals surface area contributed by atoms with Crippen LogP contribution in [0.25, 0.3) is 10.9 Å². The number of hydrogen-bond donors (Lipinski definition) is 1. The molecule has 0 bridgehead atoms. The summed E-state index contributed by atoms with van der Waals surface area (Å²) in [6.45, 7) is 2.06. The molecule has 1 aromatic heterocycles. The Kier molecular flexibility index (Phi) is 2.36. The zero-order valence-corrected chi connectivity index (χ0v) is 8.84. The van der Waals surface area contributed by atoms with Crippen LogP contribution in [0.3, 0.4) is 0 Å². The highest BCUT2D eigenvalue weighted by molar-refractivity contribution is 6.35. The summed E-state index contributed by atoms with van der Waals surface area (Å²) in [7, 11) is 0. The summed E-state index contributed by atoms with van der Waals surface area (Å²) < 4.78 is 1.12. The van der Waals surface area contributed by atoms with E-state index in [2.05, 4.69) is 4.98 Å². The largest absolute Gasteiger partial charge is 0.328 e. The molecule has 0 spiro atoms. The zero-order chi connectivity index (χ0) is 11.0. The van der Waals surface area contributed by atoms with Crippen molar-refractivity contribution in [1.29, 1.82) is 0 Å². The number of hydrogen-bond acceptors (Lipinski definition) is 2. The van der Waals surface area contributed by atoms with E-state index in [1.54, 1.807) is 25.1 Å². The molecular weight excluding hydrogens is 216 g/mol. The molecular formula is C10H9ClN2O2. The lowest BCUT2D eigenvalue weighted by Crippen LogP contribution is -2.34. The molecule has 0 amide bonds. The molecule has 0 saturated heterocycles. The highest BCUT2D eigenvalue weighted by Gasteiger charge is 2.08. The lowest BCUT2D eigenvalue weighted by molar-refractivity contribution is 0.684. The van der Waals surface area contributed by atoms with Gasteiger partial charge in [-0.3, -0.25) is 9.36 Å². The SMILES string of the molecule is CCn1c(=O)[nH]c2cccc(Cl)c2c1=O. The van der Waals surface area contributed by atoms with E-state index in [-0.39, 0.29) is 5.56 Å². The topological polar surface area (TPSA) is 54.9 Å². The molecule has 0 radical (unpaired) electrons. The first kappa shape index (κ1) is 9.98. The Bertz CT molecular complexity index is 627. The molecule has 1 N–H and O–H groups in total. The molecule has 0 aliphatic carbocycles. The molecule has 0 aliphatic heterocycles. The third-order valence-corrected chi connectivity index (χ3v) is 2.59. The average molecular weight is 225 g/mol. The summed E-state index contributed by atoms with van der Waals surface area (Å²) in [4.78, 5) is 25.9. The molecule has 2 rings (SSSR count). The number of nitrogens with one attached hydrogen (secondary N) is 1. The van der Waals surface area contributed by atoms with Crippen molar-refractivity contribution in [3.05, 3.63) is 44.1 Å². The maximum Gasteiger partial charge on any atom is 0.328 e. The Balaban J connectivity index is 3.06. The van der Waals surface area contributed by atoms with E-state index in [4.69, 9.17) is 11.6 Å². The normalized spacial score (nSPS) is 10.8. The summed E-state index contributed by atoms with van der Waals surface area (Å²) in [5, 5.41) is 0.719. The third kappa shape index (κ3) is 1.47. The van der Waals surface area contributed by atoms with Gasteiger partial charge in [0.15, 0.2) is 0 Å². The minimum Gasteiger partial charge on any atom is -0.307 e. The van der Waals surface area contributed by atoms with Crippen molar-refractivity contribution in [2.45, 2.75) is 13.5 Å². The van der Waals surface area contributed by atoms with Crippen LogP contribution in [0.1, 0.15) is 6.92 Å². The number of rotatable bonds is 1. The van der Waals surface area contributed by atoms with Crippen LogP contribution in [-0.2, 0) is 6.54 Å². The van der Waals surface area contributed by atoms with E-state index in [0.717, 1.165) is 4.57 Å². The summed E-state index contributed by atoms with van der Waals surface area (Å²) in [5.41, 5.74) is -0.277. The summed E-state index contributed by atoms with van der Waals surface area (Å²) in [6, 6.07) is 4.98. The van der Waals surface area contributed by atoms with Gasteiger partial charge in [0.2, 0.25) is 0 Å². The Hall–Kier alpha value is -1.55. The number of fused-ring (bicyclic) bond motifs is 1. The minimum absolute atomic E-state index is 0.329. The van der Waals surface area contributed by atoms with Crippen molar-refractivity contribution in [3.8, 4) is 0 Å². The van der Waals surface area contributed by atoms with E-state index >= 15 is 0 Å². The molecule has 2 aromatic rings. The van der Waals surface area contributed by atoms with E-state index < -0.39 is 5.69 Å². The maximum atomic E-state index is 11.9. The van der Waals surface area contributed by atoms with Gasteiger partial charge in [-0.2, -0.15) is 0 Å². The first-order chi connectivity index (χ1) is 7.15. The van der Waals surface area contributed by atoms with Crippen molar-refractivity contribution >= 4 is 22.5 Å². The van der Waals surface area contributed by atoms with Crippen molar-refractivity contribution in [1.82, 2.24) is 9.55 Å². The second-order valence-corrected chi connectivity index (χ2v) is 3.55. The third-order valence-electron chi connectivity index (χ3n) is 2.28. The molecule has 0 saturated carbocycles.